The van der Waals surface area contributed by atoms with E-state index in [0.717, 1.165) is 3.57 Å². The minimum atomic E-state index is -3.73. The van der Waals surface area contributed by atoms with Crippen LogP contribution < -0.4 is 4.72 Å². The van der Waals surface area contributed by atoms with Gasteiger partial charge in [-0.05, 0) is 40.8 Å². The van der Waals surface area contributed by atoms with Gasteiger partial charge in [-0.1, -0.05) is 6.07 Å². The molecule has 0 aliphatic rings. The monoisotopic (exact) mass is 421 g/mol. The van der Waals surface area contributed by atoms with Crippen molar-refractivity contribution in [1.82, 2.24) is 9.78 Å². The van der Waals surface area contributed by atoms with E-state index in [1.165, 1.54) is 17.1 Å². The standard InChI is InChI=1S/C12H12IN3O4S/c13-9-2-1-3-10(6-9)15-21(19,20)11-7-14-16(8-11)5-4-12(17)18/h1-3,6-8,15H,4-5H2,(H,17,18). The first-order valence-corrected chi connectivity index (χ1v) is 8.46. The molecule has 0 atom stereocenters. The highest BCUT2D eigenvalue weighted by Crippen LogP contribution is 2.17. The Morgan fingerprint density at radius 1 is 1.43 bits per heavy atom. The molecule has 1 aromatic heterocycles. The molecule has 2 rings (SSSR count). The molecule has 1 heterocycles. The van der Waals surface area contributed by atoms with E-state index in [0.29, 0.717) is 5.69 Å². The summed E-state index contributed by atoms with van der Waals surface area (Å²) in [6.07, 6.45) is 2.38. The maximum absolute atomic E-state index is 12.2. The number of sulfonamides is 1. The van der Waals surface area contributed by atoms with Crippen LogP contribution in [-0.2, 0) is 21.4 Å². The molecule has 0 fully saturated rings. The van der Waals surface area contributed by atoms with Crippen molar-refractivity contribution in [2.24, 2.45) is 0 Å². The molecular weight excluding hydrogens is 409 g/mol. The fourth-order valence-corrected chi connectivity index (χ4v) is 3.13. The molecule has 0 unspecified atom stereocenters. The van der Waals surface area contributed by atoms with Crippen LogP contribution in [0.2, 0.25) is 0 Å². The Morgan fingerprint density at radius 2 is 2.19 bits per heavy atom. The van der Waals surface area contributed by atoms with Gasteiger partial charge in [0.15, 0.2) is 0 Å². The van der Waals surface area contributed by atoms with Crippen LogP contribution >= 0.6 is 22.6 Å². The van der Waals surface area contributed by atoms with Crippen LogP contribution in [0, 0.1) is 3.57 Å². The number of carboxylic acids is 1. The number of carbonyl (C=O) groups is 1. The molecule has 0 spiro atoms. The number of aryl methyl sites for hydroxylation is 1. The summed E-state index contributed by atoms with van der Waals surface area (Å²) >= 11 is 2.09. The van der Waals surface area contributed by atoms with E-state index in [-0.39, 0.29) is 17.9 Å². The number of anilines is 1. The number of nitrogens with zero attached hydrogens (tertiary/aromatic N) is 2. The Hall–Kier alpha value is -1.62. The SMILES string of the molecule is O=C(O)CCn1cc(S(=O)(=O)Nc2cccc(I)c2)cn1. The summed E-state index contributed by atoms with van der Waals surface area (Å²) in [6, 6.07) is 6.94. The number of hydrogen-bond donors (Lipinski definition) is 2. The third-order valence-electron chi connectivity index (χ3n) is 2.55. The largest absolute Gasteiger partial charge is 0.481 e. The van der Waals surface area contributed by atoms with Crippen LogP contribution in [0.5, 0.6) is 0 Å². The van der Waals surface area contributed by atoms with Gasteiger partial charge in [0.1, 0.15) is 4.90 Å². The van der Waals surface area contributed by atoms with Gasteiger partial charge in [-0.3, -0.25) is 14.2 Å². The second-order valence-corrected chi connectivity index (χ2v) is 7.13. The lowest BCUT2D eigenvalue weighted by atomic mass is 10.3. The highest BCUT2D eigenvalue weighted by Gasteiger charge is 2.17. The Kier molecular flexibility index (Phi) is 4.83. The summed E-state index contributed by atoms with van der Waals surface area (Å²) in [6.45, 7) is 0.119. The zero-order valence-electron chi connectivity index (χ0n) is 10.7. The van der Waals surface area contributed by atoms with Crippen molar-refractivity contribution < 1.29 is 18.3 Å². The maximum atomic E-state index is 12.2. The molecule has 0 aliphatic carbocycles. The quantitative estimate of drug-likeness (QED) is 0.693. The van der Waals surface area contributed by atoms with E-state index < -0.39 is 16.0 Å². The van der Waals surface area contributed by atoms with E-state index in [2.05, 4.69) is 32.4 Å². The lowest BCUT2D eigenvalue weighted by Crippen LogP contribution is -2.12. The summed E-state index contributed by atoms with van der Waals surface area (Å²) in [4.78, 5) is 10.5. The smallest absolute Gasteiger partial charge is 0.305 e. The predicted octanol–water partition coefficient (Wildman–Crippen LogP) is 1.76. The van der Waals surface area contributed by atoms with Gasteiger partial charge in [-0.25, -0.2) is 8.42 Å². The van der Waals surface area contributed by atoms with Gasteiger partial charge in [0.2, 0.25) is 0 Å². The summed E-state index contributed by atoms with van der Waals surface area (Å²) in [5, 5.41) is 12.4. The zero-order valence-corrected chi connectivity index (χ0v) is 13.7. The van der Waals surface area contributed by atoms with E-state index in [9.17, 15) is 13.2 Å². The molecule has 0 amide bonds. The predicted molar refractivity (Wildman–Crippen MR) is 84.4 cm³/mol. The van der Waals surface area contributed by atoms with Crippen molar-refractivity contribution in [1.29, 1.82) is 0 Å². The number of carboxylic acid groups (broad SMARTS) is 1. The summed E-state index contributed by atoms with van der Waals surface area (Å²) in [5.41, 5.74) is 0.459. The van der Waals surface area contributed by atoms with Crippen molar-refractivity contribution in [3.8, 4) is 0 Å². The Labute approximate surface area is 135 Å². The van der Waals surface area contributed by atoms with Crippen LogP contribution in [0.4, 0.5) is 5.69 Å². The van der Waals surface area contributed by atoms with Crippen LogP contribution in [-0.4, -0.2) is 29.3 Å². The maximum Gasteiger partial charge on any atom is 0.305 e. The van der Waals surface area contributed by atoms with Gasteiger partial charge in [0.05, 0.1) is 19.2 Å². The lowest BCUT2D eigenvalue weighted by Gasteiger charge is -2.06. The molecule has 112 valence electrons. The molecule has 2 aromatic rings. The second-order valence-electron chi connectivity index (χ2n) is 4.20. The summed E-state index contributed by atoms with van der Waals surface area (Å²) in [7, 11) is -3.73. The molecule has 0 radical (unpaired) electrons. The Balaban J connectivity index is 2.14. The van der Waals surface area contributed by atoms with Gasteiger partial charge in [0, 0.05) is 15.5 Å². The van der Waals surface area contributed by atoms with Crippen LogP contribution in [0.1, 0.15) is 6.42 Å². The number of rotatable bonds is 6. The Morgan fingerprint density at radius 3 is 2.86 bits per heavy atom. The highest BCUT2D eigenvalue weighted by atomic mass is 127. The Bertz CT molecular complexity index is 757. The fourth-order valence-electron chi connectivity index (χ4n) is 1.58. The van der Waals surface area contributed by atoms with Crippen molar-refractivity contribution in [2.45, 2.75) is 17.9 Å². The molecule has 0 saturated heterocycles. The van der Waals surface area contributed by atoms with Crippen LogP contribution in [0.25, 0.3) is 0 Å². The number of benzene rings is 1. The molecule has 0 bridgehead atoms. The first-order chi connectivity index (χ1) is 9.87. The van der Waals surface area contributed by atoms with Crippen molar-refractivity contribution >= 4 is 44.3 Å². The first kappa shape index (κ1) is 15.8. The highest BCUT2D eigenvalue weighted by molar-refractivity contribution is 14.1. The molecule has 0 saturated carbocycles. The number of nitrogens with one attached hydrogen (secondary N) is 1. The van der Waals surface area contributed by atoms with E-state index in [1.54, 1.807) is 18.2 Å². The lowest BCUT2D eigenvalue weighted by molar-refractivity contribution is -0.137. The molecule has 21 heavy (non-hydrogen) atoms. The summed E-state index contributed by atoms with van der Waals surface area (Å²) < 4.78 is 29.0. The van der Waals surface area contributed by atoms with Gasteiger partial charge in [-0.2, -0.15) is 5.10 Å². The number of halogens is 1. The van der Waals surface area contributed by atoms with E-state index in [4.69, 9.17) is 5.11 Å². The van der Waals surface area contributed by atoms with Crippen LogP contribution in [0.15, 0.2) is 41.6 Å². The number of aliphatic carboxylic acids is 1. The molecule has 2 N–H and O–H groups in total. The third kappa shape index (κ3) is 4.43. The van der Waals surface area contributed by atoms with Gasteiger partial charge in [-0.15, -0.1) is 0 Å². The van der Waals surface area contributed by atoms with Crippen molar-refractivity contribution in [3.63, 3.8) is 0 Å². The van der Waals surface area contributed by atoms with E-state index >= 15 is 0 Å². The van der Waals surface area contributed by atoms with Gasteiger partial charge in [0.25, 0.3) is 10.0 Å². The average molecular weight is 421 g/mol. The molecule has 0 aliphatic heterocycles. The van der Waals surface area contributed by atoms with Crippen LogP contribution in [0.3, 0.4) is 0 Å². The zero-order chi connectivity index (χ0) is 15.5. The number of aromatic nitrogens is 2. The van der Waals surface area contributed by atoms with Gasteiger partial charge < -0.3 is 5.11 Å². The number of hydrogen-bond acceptors (Lipinski definition) is 4. The normalized spacial score (nSPS) is 11.3. The minimum absolute atomic E-state index is 0.00764. The van der Waals surface area contributed by atoms with E-state index in [1.807, 2.05) is 6.07 Å². The minimum Gasteiger partial charge on any atom is -0.481 e. The fraction of sp³-hybridized carbons (Fsp3) is 0.167. The summed E-state index contributed by atoms with van der Waals surface area (Å²) in [5.74, 6) is -0.966. The molecular formula is C12H12IN3O4S. The molecule has 7 nitrogen and oxygen atoms in total. The third-order valence-corrected chi connectivity index (χ3v) is 4.56. The van der Waals surface area contributed by atoms with Crippen molar-refractivity contribution in [3.05, 3.63) is 40.2 Å². The van der Waals surface area contributed by atoms with Crippen molar-refractivity contribution in [2.75, 3.05) is 4.72 Å². The molecule has 9 heteroatoms. The van der Waals surface area contributed by atoms with Gasteiger partial charge >= 0.3 is 5.97 Å². The first-order valence-electron chi connectivity index (χ1n) is 5.89. The topological polar surface area (TPSA) is 101 Å². The average Bonchev–Trinajstić information content (AvgIpc) is 2.85. The molecule has 1 aromatic carbocycles. The second kappa shape index (κ2) is 6.43.